The van der Waals surface area contributed by atoms with E-state index in [2.05, 4.69) is 34.8 Å². The van der Waals surface area contributed by atoms with E-state index >= 15 is 0 Å². The van der Waals surface area contributed by atoms with Crippen molar-refractivity contribution in [3.05, 3.63) is 29.6 Å². The SMILES string of the molecule is CN1CCCC1c1cncc(C#CC[C@H]2CC[C@H](C(=O)O)CC2)c1. The highest BCUT2D eigenvalue weighted by Gasteiger charge is 2.25. The number of hydrogen-bond acceptors (Lipinski definition) is 3. The van der Waals surface area contributed by atoms with Crippen molar-refractivity contribution in [1.82, 2.24) is 9.88 Å². The van der Waals surface area contributed by atoms with E-state index in [1.165, 1.54) is 18.4 Å². The molecule has 0 aromatic carbocycles. The predicted octanol–water partition coefficient (Wildman–Crippen LogP) is 3.48. The van der Waals surface area contributed by atoms with E-state index < -0.39 is 5.97 Å². The number of pyridine rings is 1. The van der Waals surface area contributed by atoms with Crippen molar-refractivity contribution < 1.29 is 9.90 Å². The zero-order chi connectivity index (χ0) is 16.9. The third kappa shape index (κ3) is 4.15. The monoisotopic (exact) mass is 326 g/mol. The van der Waals surface area contributed by atoms with E-state index in [1.54, 1.807) is 0 Å². The number of aliphatic carboxylic acids is 1. The Kier molecular flexibility index (Phi) is 5.52. The van der Waals surface area contributed by atoms with Crippen LogP contribution in [0.1, 0.15) is 62.1 Å². The zero-order valence-electron chi connectivity index (χ0n) is 14.4. The standard InChI is InChI=1S/C20H26N2O2/c1-22-11-3-6-19(22)18-12-16(13-21-14-18)5-2-4-15-7-9-17(10-8-15)20(23)24/h12-15,17,19H,3-4,6-11H2,1H3,(H,23,24)/t15-,17-,19?. The van der Waals surface area contributed by atoms with E-state index in [-0.39, 0.29) is 5.92 Å². The summed E-state index contributed by atoms with van der Waals surface area (Å²) in [5.41, 5.74) is 2.26. The van der Waals surface area contributed by atoms with Gasteiger partial charge in [-0.05, 0) is 69.7 Å². The Hall–Kier alpha value is -1.86. The van der Waals surface area contributed by atoms with Crippen LogP contribution >= 0.6 is 0 Å². The molecule has 0 radical (unpaired) electrons. The predicted molar refractivity (Wildman–Crippen MR) is 93.4 cm³/mol. The average molecular weight is 326 g/mol. The third-order valence-electron chi connectivity index (χ3n) is 5.48. The van der Waals surface area contributed by atoms with E-state index in [4.69, 9.17) is 5.11 Å². The van der Waals surface area contributed by atoms with Gasteiger partial charge in [-0.3, -0.25) is 14.7 Å². The van der Waals surface area contributed by atoms with Crippen LogP contribution in [0.25, 0.3) is 0 Å². The lowest BCUT2D eigenvalue weighted by molar-refractivity contribution is -0.143. The third-order valence-corrected chi connectivity index (χ3v) is 5.48. The van der Waals surface area contributed by atoms with Crippen LogP contribution in [0.4, 0.5) is 0 Å². The molecule has 1 aromatic heterocycles. The van der Waals surface area contributed by atoms with Crippen molar-refractivity contribution in [3.63, 3.8) is 0 Å². The van der Waals surface area contributed by atoms with Crippen LogP contribution in [0.5, 0.6) is 0 Å². The van der Waals surface area contributed by atoms with Gasteiger partial charge in [-0.1, -0.05) is 11.8 Å². The topological polar surface area (TPSA) is 53.4 Å². The summed E-state index contributed by atoms with van der Waals surface area (Å²) in [5, 5.41) is 9.05. The lowest BCUT2D eigenvalue weighted by Crippen LogP contribution is -2.21. The Morgan fingerprint density at radius 2 is 2.08 bits per heavy atom. The summed E-state index contributed by atoms with van der Waals surface area (Å²) >= 11 is 0. The van der Waals surface area contributed by atoms with Crippen molar-refractivity contribution >= 4 is 5.97 Å². The van der Waals surface area contributed by atoms with Crippen molar-refractivity contribution in [2.24, 2.45) is 11.8 Å². The number of aromatic nitrogens is 1. The van der Waals surface area contributed by atoms with Crippen LogP contribution in [0, 0.1) is 23.7 Å². The minimum absolute atomic E-state index is 0.140. The maximum absolute atomic E-state index is 11.0. The second-order valence-corrected chi connectivity index (χ2v) is 7.21. The number of likely N-dealkylation sites (tertiary alicyclic amines) is 1. The second kappa shape index (κ2) is 7.81. The highest BCUT2D eigenvalue weighted by molar-refractivity contribution is 5.69. The maximum atomic E-state index is 11.0. The molecule has 0 amide bonds. The Morgan fingerprint density at radius 1 is 1.29 bits per heavy atom. The van der Waals surface area contributed by atoms with Crippen LogP contribution in [0.15, 0.2) is 18.5 Å². The van der Waals surface area contributed by atoms with Crippen LogP contribution in [-0.4, -0.2) is 34.6 Å². The summed E-state index contributed by atoms with van der Waals surface area (Å²) in [4.78, 5) is 17.7. The van der Waals surface area contributed by atoms with Gasteiger partial charge in [0.05, 0.1) is 5.92 Å². The van der Waals surface area contributed by atoms with E-state index in [1.807, 2.05) is 12.4 Å². The Bertz CT molecular complexity index is 639. The maximum Gasteiger partial charge on any atom is 0.306 e. The molecule has 128 valence electrons. The van der Waals surface area contributed by atoms with E-state index in [0.29, 0.717) is 12.0 Å². The average Bonchev–Trinajstić information content (AvgIpc) is 3.02. The molecule has 0 spiro atoms. The molecular formula is C20H26N2O2. The van der Waals surface area contributed by atoms with Gasteiger partial charge in [-0.15, -0.1) is 0 Å². The van der Waals surface area contributed by atoms with Gasteiger partial charge in [-0.2, -0.15) is 0 Å². The molecule has 4 heteroatoms. The van der Waals surface area contributed by atoms with Gasteiger partial charge < -0.3 is 5.11 Å². The summed E-state index contributed by atoms with van der Waals surface area (Å²) in [6.07, 6.45) is 10.7. The molecule has 1 saturated heterocycles. The molecule has 3 rings (SSSR count). The summed E-state index contributed by atoms with van der Waals surface area (Å²) in [5.74, 6) is 6.32. The molecule has 2 fully saturated rings. The Morgan fingerprint density at radius 3 is 2.75 bits per heavy atom. The van der Waals surface area contributed by atoms with Crippen molar-refractivity contribution in [3.8, 4) is 11.8 Å². The van der Waals surface area contributed by atoms with Gasteiger partial charge in [0.15, 0.2) is 0 Å². The molecule has 2 heterocycles. The van der Waals surface area contributed by atoms with Gasteiger partial charge in [0.2, 0.25) is 0 Å². The Labute approximate surface area is 144 Å². The first kappa shape index (κ1) is 17.0. The first-order valence-electron chi connectivity index (χ1n) is 9.00. The lowest BCUT2D eigenvalue weighted by atomic mass is 9.81. The molecule has 4 nitrogen and oxygen atoms in total. The second-order valence-electron chi connectivity index (χ2n) is 7.21. The van der Waals surface area contributed by atoms with Gasteiger partial charge in [0.1, 0.15) is 0 Å². The summed E-state index contributed by atoms with van der Waals surface area (Å²) in [7, 11) is 2.17. The Balaban J connectivity index is 1.56. The fourth-order valence-corrected chi connectivity index (χ4v) is 3.95. The lowest BCUT2D eigenvalue weighted by Gasteiger charge is -2.24. The first-order chi connectivity index (χ1) is 11.6. The number of nitrogens with zero attached hydrogens (tertiary/aromatic N) is 2. The molecule has 1 N–H and O–H groups in total. The fraction of sp³-hybridized carbons (Fsp3) is 0.600. The van der Waals surface area contributed by atoms with Crippen LogP contribution in [0.2, 0.25) is 0 Å². The van der Waals surface area contributed by atoms with Crippen molar-refractivity contribution in [2.75, 3.05) is 13.6 Å². The number of carboxylic acids is 1. The summed E-state index contributed by atoms with van der Waals surface area (Å²) in [6.45, 7) is 1.15. The van der Waals surface area contributed by atoms with Crippen molar-refractivity contribution in [1.29, 1.82) is 0 Å². The molecule has 1 aliphatic carbocycles. The van der Waals surface area contributed by atoms with E-state index in [0.717, 1.165) is 44.2 Å². The van der Waals surface area contributed by atoms with Crippen LogP contribution in [0.3, 0.4) is 0 Å². The number of hydrogen-bond donors (Lipinski definition) is 1. The molecule has 1 aromatic rings. The highest BCUT2D eigenvalue weighted by atomic mass is 16.4. The first-order valence-corrected chi connectivity index (χ1v) is 9.00. The fourth-order valence-electron chi connectivity index (χ4n) is 3.95. The smallest absolute Gasteiger partial charge is 0.306 e. The largest absolute Gasteiger partial charge is 0.481 e. The van der Waals surface area contributed by atoms with Gasteiger partial charge >= 0.3 is 5.97 Å². The number of rotatable bonds is 3. The minimum atomic E-state index is -0.640. The van der Waals surface area contributed by atoms with Gasteiger partial charge in [0, 0.05) is 30.4 Å². The normalized spacial score (nSPS) is 27.5. The molecule has 2 aliphatic rings. The quantitative estimate of drug-likeness (QED) is 0.864. The highest BCUT2D eigenvalue weighted by Crippen LogP contribution is 2.31. The van der Waals surface area contributed by atoms with Gasteiger partial charge in [0.25, 0.3) is 0 Å². The van der Waals surface area contributed by atoms with Crippen molar-refractivity contribution in [2.45, 2.75) is 51.0 Å². The molecule has 1 atom stereocenters. The molecule has 1 unspecified atom stereocenters. The zero-order valence-corrected chi connectivity index (χ0v) is 14.4. The molecule has 1 saturated carbocycles. The number of carboxylic acid groups (broad SMARTS) is 1. The molecular weight excluding hydrogens is 300 g/mol. The molecule has 1 aliphatic heterocycles. The van der Waals surface area contributed by atoms with E-state index in [9.17, 15) is 4.79 Å². The van der Waals surface area contributed by atoms with Crippen LogP contribution < -0.4 is 0 Å². The summed E-state index contributed by atoms with van der Waals surface area (Å²) < 4.78 is 0. The van der Waals surface area contributed by atoms with Crippen LogP contribution in [-0.2, 0) is 4.79 Å². The minimum Gasteiger partial charge on any atom is -0.481 e. The summed E-state index contributed by atoms with van der Waals surface area (Å²) in [6, 6.07) is 2.65. The molecule has 24 heavy (non-hydrogen) atoms. The van der Waals surface area contributed by atoms with Gasteiger partial charge in [-0.25, -0.2) is 0 Å². The number of carbonyl (C=O) groups is 1. The molecule has 0 bridgehead atoms.